The van der Waals surface area contributed by atoms with Crippen LogP contribution in [0.15, 0.2) is 49.1 Å². The Kier molecular flexibility index (Phi) is 7.14. The molecule has 1 aromatic carbocycles. The van der Waals surface area contributed by atoms with E-state index in [0.717, 1.165) is 10.4 Å². The van der Waals surface area contributed by atoms with Crippen LogP contribution in [0.3, 0.4) is 0 Å². The van der Waals surface area contributed by atoms with Gasteiger partial charge in [0.15, 0.2) is 9.84 Å². The van der Waals surface area contributed by atoms with Crippen LogP contribution in [-0.4, -0.2) is 38.0 Å². The van der Waals surface area contributed by atoms with Gasteiger partial charge in [0.25, 0.3) is 0 Å². The van der Waals surface area contributed by atoms with E-state index in [2.05, 4.69) is 11.9 Å². The van der Waals surface area contributed by atoms with Gasteiger partial charge in [0, 0.05) is 15.4 Å². The molecule has 1 saturated heterocycles. The fourth-order valence-corrected chi connectivity index (χ4v) is 7.47. The second-order valence-corrected chi connectivity index (χ2v) is 10.7. The Hall–Kier alpha value is -2.69. The molecule has 2 heterocycles. The van der Waals surface area contributed by atoms with Crippen LogP contribution in [0.4, 0.5) is 10.5 Å². The number of hydroxylamine groups is 1. The highest BCUT2D eigenvalue weighted by molar-refractivity contribution is 7.92. The molecule has 1 fully saturated rings. The molecule has 3 N–H and O–H groups in total. The normalized spacial score (nSPS) is 19.9. The maximum atomic E-state index is 13.0. The van der Waals surface area contributed by atoms with Crippen LogP contribution in [0.25, 0.3) is 10.4 Å². The van der Waals surface area contributed by atoms with Crippen molar-refractivity contribution in [1.82, 2.24) is 5.48 Å². The lowest BCUT2D eigenvalue weighted by Crippen LogP contribution is -2.43. The second-order valence-electron chi connectivity index (χ2n) is 7.24. The first kappa shape index (κ1) is 23.0. The minimum Gasteiger partial charge on any atom is -0.445 e. The molecular formula is C21H24N2O6S2. The molecule has 10 heteroatoms. The summed E-state index contributed by atoms with van der Waals surface area (Å²) in [6, 6.07) is 10.6. The van der Waals surface area contributed by atoms with Crippen LogP contribution >= 0.6 is 11.3 Å². The molecule has 0 radical (unpaired) electrons. The fourth-order valence-electron chi connectivity index (χ4n) is 3.69. The average Bonchev–Trinajstić information content (AvgIpc) is 3.24. The Labute approximate surface area is 184 Å². The van der Waals surface area contributed by atoms with E-state index >= 15 is 0 Å². The lowest BCUT2D eigenvalue weighted by molar-refractivity contribution is -0.130. The minimum atomic E-state index is -3.59. The Morgan fingerprint density at radius 1 is 1.26 bits per heavy atom. The van der Waals surface area contributed by atoms with Crippen molar-refractivity contribution >= 4 is 38.9 Å². The number of benzene rings is 1. The van der Waals surface area contributed by atoms with Crippen molar-refractivity contribution in [2.75, 3.05) is 17.7 Å². The molecule has 2 aromatic rings. The molecule has 31 heavy (non-hydrogen) atoms. The molecule has 2 amide bonds. The number of carbonyl (C=O) groups excluding carboxylic acids is 2. The summed E-state index contributed by atoms with van der Waals surface area (Å²) in [5.41, 5.74) is 2.88. The van der Waals surface area contributed by atoms with Gasteiger partial charge in [0.2, 0.25) is 5.91 Å². The number of hydrogen-bond donors (Lipinski definition) is 3. The maximum Gasteiger partial charge on any atom is 0.411 e. The van der Waals surface area contributed by atoms with Crippen LogP contribution in [0.1, 0.15) is 30.6 Å². The highest BCUT2D eigenvalue weighted by Gasteiger charge is 2.49. The van der Waals surface area contributed by atoms with Crippen LogP contribution < -0.4 is 10.8 Å². The molecule has 1 aliphatic heterocycles. The molecule has 166 valence electrons. The molecule has 8 nitrogen and oxygen atoms in total. The van der Waals surface area contributed by atoms with E-state index in [1.165, 1.54) is 17.4 Å². The zero-order chi connectivity index (χ0) is 22.5. The molecule has 0 bridgehead atoms. The summed E-state index contributed by atoms with van der Waals surface area (Å²) in [5, 5.41) is 11.6. The Morgan fingerprint density at radius 2 is 2.06 bits per heavy atom. The third kappa shape index (κ3) is 4.97. The summed E-state index contributed by atoms with van der Waals surface area (Å²) >= 11 is 1.29. The zero-order valence-electron chi connectivity index (χ0n) is 16.8. The SMILES string of the molecule is C=CCOC(=O)Nc1cccc(-c2ccc([C@@]3(CC(=O)NO)CCCCS3(=O)=O)s2)c1. The van der Waals surface area contributed by atoms with Crippen molar-refractivity contribution in [1.29, 1.82) is 0 Å². The first-order valence-corrected chi connectivity index (χ1v) is 12.2. The zero-order valence-corrected chi connectivity index (χ0v) is 18.4. The highest BCUT2D eigenvalue weighted by Crippen LogP contribution is 2.47. The average molecular weight is 465 g/mol. The van der Waals surface area contributed by atoms with Crippen LogP contribution in [0, 0.1) is 0 Å². The predicted octanol–water partition coefficient (Wildman–Crippen LogP) is 3.84. The lowest BCUT2D eigenvalue weighted by Gasteiger charge is -2.35. The summed E-state index contributed by atoms with van der Waals surface area (Å²) in [5.74, 6) is -0.727. The molecule has 3 rings (SSSR count). The van der Waals surface area contributed by atoms with Gasteiger partial charge in [0.05, 0.1) is 12.2 Å². The molecule has 1 aromatic heterocycles. The van der Waals surface area contributed by atoms with Gasteiger partial charge in [-0.15, -0.1) is 11.3 Å². The van der Waals surface area contributed by atoms with E-state index in [4.69, 9.17) is 9.94 Å². The van der Waals surface area contributed by atoms with E-state index in [1.54, 1.807) is 35.8 Å². The summed E-state index contributed by atoms with van der Waals surface area (Å²) in [7, 11) is -3.59. The molecule has 0 saturated carbocycles. The molecule has 0 unspecified atom stereocenters. The molecular weight excluding hydrogens is 440 g/mol. The summed E-state index contributed by atoms with van der Waals surface area (Å²) < 4.78 is 29.6. The van der Waals surface area contributed by atoms with Crippen molar-refractivity contribution in [2.45, 2.75) is 30.4 Å². The van der Waals surface area contributed by atoms with Crippen molar-refractivity contribution in [3.8, 4) is 10.4 Å². The standard InChI is InChI=1S/C21H24N2O6S2/c1-2-11-29-20(25)22-16-7-5-6-15(13-16)17-8-9-18(30-17)21(14-19(24)23-26)10-3-4-12-31(21,27)28/h2,5-9,13,26H,1,3-4,10-12,14H2,(H,22,25)(H,23,24)/t21-/m0/s1. The van der Waals surface area contributed by atoms with E-state index in [1.807, 2.05) is 6.07 Å². The van der Waals surface area contributed by atoms with Crippen molar-refractivity contribution in [2.24, 2.45) is 0 Å². The van der Waals surface area contributed by atoms with Gasteiger partial charge in [-0.2, -0.15) is 0 Å². The number of anilines is 1. The van der Waals surface area contributed by atoms with Gasteiger partial charge in [-0.05, 0) is 42.7 Å². The number of ether oxygens (including phenoxy) is 1. The van der Waals surface area contributed by atoms with Crippen molar-refractivity contribution < 1.29 is 28.0 Å². The van der Waals surface area contributed by atoms with E-state index < -0.39 is 26.6 Å². The number of sulfone groups is 1. The fraction of sp³-hybridized carbons (Fsp3) is 0.333. The molecule has 0 aliphatic carbocycles. The number of hydrogen-bond acceptors (Lipinski definition) is 7. The smallest absolute Gasteiger partial charge is 0.411 e. The van der Waals surface area contributed by atoms with Crippen molar-refractivity contribution in [3.63, 3.8) is 0 Å². The second kappa shape index (κ2) is 9.63. The largest absolute Gasteiger partial charge is 0.445 e. The number of thiophene rings is 1. The number of nitrogens with one attached hydrogen (secondary N) is 2. The van der Waals surface area contributed by atoms with Gasteiger partial charge in [0.1, 0.15) is 11.4 Å². The van der Waals surface area contributed by atoms with Crippen molar-refractivity contribution in [3.05, 3.63) is 53.9 Å². The third-order valence-corrected chi connectivity index (χ3v) is 9.24. The number of rotatable bonds is 7. The Morgan fingerprint density at radius 3 is 2.77 bits per heavy atom. The van der Waals surface area contributed by atoms with Crippen LogP contribution in [-0.2, 0) is 24.1 Å². The quantitative estimate of drug-likeness (QED) is 0.325. The minimum absolute atomic E-state index is 0.00513. The van der Waals surface area contributed by atoms with Gasteiger partial charge < -0.3 is 4.74 Å². The molecule has 1 atom stereocenters. The van der Waals surface area contributed by atoms with E-state index in [-0.39, 0.29) is 18.8 Å². The van der Waals surface area contributed by atoms with Crippen LogP contribution in [0.5, 0.6) is 0 Å². The Bertz CT molecular complexity index is 1080. The monoisotopic (exact) mass is 464 g/mol. The number of carbonyl (C=O) groups is 2. The van der Waals surface area contributed by atoms with Crippen LogP contribution in [0.2, 0.25) is 0 Å². The summed E-state index contributed by atoms with van der Waals surface area (Å²) in [6.45, 7) is 3.58. The first-order chi connectivity index (χ1) is 14.8. The van der Waals surface area contributed by atoms with Gasteiger partial charge >= 0.3 is 6.09 Å². The maximum absolute atomic E-state index is 13.0. The molecule has 0 spiro atoms. The lowest BCUT2D eigenvalue weighted by atomic mass is 9.94. The number of amides is 2. The predicted molar refractivity (Wildman–Crippen MR) is 119 cm³/mol. The summed E-state index contributed by atoms with van der Waals surface area (Å²) in [6.07, 6.45) is 2.08. The van der Waals surface area contributed by atoms with E-state index in [9.17, 15) is 18.0 Å². The van der Waals surface area contributed by atoms with Gasteiger partial charge in [-0.1, -0.05) is 31.2 Å². The topological polar surface area (TPSA) is 122 Å². The van der Waals surface area contributed by atoms with Gasteiger partial charge in [-0.3, -0.25) is 15.3 Å². The summed E-state index contributed by atoms with van der Waals surface area (Å²) in [4.78, 5) is 25.1. The van der Waals surface area contributed by atoms with E-state index in [0.29, 0.717) is 29.8 Å². The Balaban J connectivity index is 1.92. The van der Waals surface area contributed by atoms with Gasteiger partial charge in [-0.25, -0.2) is 18.7 Å². The third-order valence-electron chi connectivity index (χ3n) is 5.19. The molecule has 1 aliphatic rings. The highest BCUT2D eigenvalue weighted by atomic mass is 32.2. The first-order valence-electron chi connectivity index (χ1n) is 9.72.